The Kier molecular flexibility index (Phi) is 11.0. The molecule has 0 unspecified atom stereocenters. The Labute approximate surface area is 257 Å². The van der Waals surface area contributed by atoms with Crippen LogP contribution < -0.4 is 14.4 Å². The highest BCUT2D eigenvalue weighted by Gasteiger charge is 2.34. The van der Waals surface area contributed by atoms with E-state index in [-0.39, 0.29) is 18.5 Å². The van der Waals surface area contributed by atoms with Crippen LogP contribution in [0.4, 0.5) is 5.69 Å². The maximum atomic E-state index is 14.2. The van der Waals surface area contributed by atoms with Crippen LogP contribution in [-0.2, 0) is 32.6 Å². The van der Waals surface area contributed by atoms with Gasteiger partial charge in [-0.2, -0.15) is 0 Å². The van der Waals surface area contributed by atoms with Crippen molar-refractivity contribution in [1.82, 2.24) is 10.2 Å². The van der Waals surface area contributed by atoms with E-state index in [2.05, 4.69) is 21.2 Å². The van der Waals surface area contributed by atoms with Gasteiger partial charge in [0.2, 0.25) is 21.8 Å². The minimum Gasteiger partial charge on any atom is -0.497 e. The molecule has 0 bridgehead atoms. The first kappa shape index (κ1) is 31.6. The molecule has 0 radical (unpaired) electrons. The lowest BCUT2D eigenvalue weighted by molar-refractivity contribution is -0.140. The third kappa shape index (κ3) is 8.82. The summed E-state index contributed by atoms with van der Waals surface area (Å²) < 4.78 is 33.2. The van der Waals surface area contributed by atoms with E-state index in [1.165, 1.54) is 12.0 Å². The standard InChI is InChI=1S/C32H38BrN3O5S/c1-41-29-15-9-14-28(21-29)36(42(2,39)40)23-31(37)35(22-25-16-18-26(33)19-17-25)30(20-24-10-5-3-6-11-24)32(38)34-27-12-7-4-8-13-27/h3,5-6,9-11,14-19,21,27,30H,4,7-8,12-13,20,22-23H2,1-2H3,(H,34,38)/t30-/m0/s1. The van der Waals surface area contributed by atoms with Crippen molar-refractivity contribution in [2.75, 3.05) is 24.2 Å². The molecule has 1 saturated carbocycles. The number of ether oxygens (including phenoxy) is 1. The van der Waals surface area contributed by atoms with Crippen LogP contribution in [0.1, 0.15) is 43.2 Å². The van der Waals surface area contributed by atoms with E-state index in [1.807, 2.05) is 54.6 Å². The van der Waals surface area contributed by atoms with Crippen LogP contribution in [-0.4, -0.2) is 57.1 Å². The maximum Gasteiger partial charge on any atom is 0.244 e. The largest absolute Gasteiger partial charge is 0.497 e. The molecule has 1 atom stereocenters. The van der Waals surface area contributed by atoms with Gasteiger partial charge in [0.1, 0.15) is 18.3 Å². The molecule has 4 rings (SSSR count). The number of nitrogens with zero attached hydrogens (tertiary/aromatic N) is 2. The molecule has 8 nitrogen and oxygen atoms in total. The number of anilines is 1. The summed E-state index contributed by atoms with van der Waals surface area (Å²) in [6, 6.07) is 22.9. The number of carbonyl (C=O) groups is 2. The van der Waals surface area contributed by atoms with Crippen molar-refractivity contribution in [1.29, 1.82) is 0 Å². The van der Waals surface area contributed by atoms with Gasteiger partial charge in [0, 0.05) is 29.5 Å². The van der Waals surface area contributed by atoms with Gasteiger partial charge in [0.15, 0.2) is 0 Å². The normalized spacial score (nSPS) is 14.5. The number of carbonyl (C=O) groups excluding carboxylic acids is 2. The molecule has 0 aliphatic heterocycles. The molecule has 0 spiro atoms. The lowest BCUT2D eigenvalue weighted by Crippen LogP contribution is -2.55. The third-order valence-corrected chi connectivity index (χ3v) is 9.18. The van der Waals surface area contributed by atoms with Crippen LogP contribution in [0.2, 0.25) is 0 Å². The van der Waals surface area contributed by atoms with Crippen LogP contribution in [0.25, 0.3) is 0 Å². The summed E-state index contributed by atoms with van der Waals surface area (Å²) in [5, 5.41) is 3.21. The number of benzene rings is 3. The van der Waals surface area contributed by atoms with Gasteiger partial charge in [-0.15, -0.1) is 0 Å². The van der Waals surface area contributed by atoms with Crippen molar-refractivity contribution in [3.63, 3.8) is 0 Å². The zero-order valence-corrected chi connectivity index (χ0v) is 26.4. The van der Waals surface area contributed by atoms with Crippen molar-refractivity contribution in [3.05, 3.63) is 94.5 Å². The molecule has 1 aliphatic rings. The second kappa shape index (κ2) is 14.7. The molecule has 3 aromatic carbocycles. The minimum absolute atomic E-state index is 0.0541. The number of sulfonamides is 1. The molecule has 0 heterocycles. The Morgan fingerprint density at radius 3 is 2.29 bits per heavy atom. The van der Waals surface area contributed by atoms with Crippen LogP contribution in [0.15, 0.2) is 83.3 Å². The van der Waals surface area contributed by atoms with E-state index in [4.69, 9.17) is 4.74 Å². The van der Waals surface area contributed by atoms with E-state index < -0.39 is 28.5 Å². The molecule has 1 fully saturated rings. The van der Waals surface area contributed by atoms with Gasteiger partial charge in [-0.3, -0.25) is 13.9 Å². The molecular weight excluding hydrogens is 618 g/mol. The van der Waals surface area contributed by atoms with Crippen molar-refractivity contribution < 1.29 is 22.7 Å². The van der Waals surface area contributed by atoms with Crippen molar-refractivity contribution >= 4 is 43.5 Å². The Hall–Kier alpha value is -3.37. The molecule has 10 heteroatoms. The van der Waals surface area contributed by atoms with Crippen molar-refractivity contribution in [3.8, 4) is 5.75 Å². The molecular formula is C32H38BrN3O5S. The van der Waals surface area contributed by atoms with Crippen LogP contribution >= 0.6 is 15.9 Å². The highest BCUT2D eigenvalue weighted by Crippen LogP contribution is 2.25. The lowest BCUT2D eigenvalue weighted by atomic mass is 9.94. The topological polar surface area (TPSA) is 96.0 Å². The molecule has 1 N–H and O–H groups in total. The minimum atomic E-state index is -3.85. The first-order valence-corrected chi connectivity index (χ1v) is 16.8. The number of halogens is 1. The Morgan fingerprint density at radius 1 is 0.952 bits per heavy atom. The quantitative estimate of drug-likeness (QED) is 0.285. The van der Waals surface area contributed by atoms with Crippen molar-refractivity contribution in [2.45, 2.75) is 57.2 Å². The van der Waals surface area contributed by atoms with Crippen LogP contribution in [0.3, 0.4) is 0 Å². The molecule has 0 aromatic heterocycles. The maximum absolute atomic E-state index is 14.2. The highest BCUT2D eigenvalue weighted by molar-refractivity contribution is 9.10. The third-order valence-electron chi connectivity index (χ3n) is 7.51. The zero-order chi connectivity index (χ0) is 30.1. The second-order valence-electron chi connectivity index (χ2n) is 10.7. The van der Waals surface area contributed by atoms with Crippen LogP contribution in [0, 0.1) is 0 Å². The summed E-state index contributed by atoms with van der Waals surface area (Å²) >= 11 is 3.46. The molecule has 2 amide bonds. The SMILES string of the molecule is COc1cccc(N(CC(=O)N(Cc2ccc(Br)cc2)[C@@H](Cc2ccccc2)C(=O)NC2CCCCC2)S(C)(=O)=O)c1. The zero-order valence-electron chi connectivity index (χ0n) is 24.0. The number of amides is 2. The fraction of sp³-hybridized carbons (Fsp3) is 0.375. The fourth-order valence-electron chi connectivity index (χ4n) is 5.26. The molecule has 3 aromatic rings. The Balaban J connectivity index is 1.72. The highest BCUT2D eigenvalue weighted by atomic mass is 79.9. The summed E-state index contributed by atoms with van der Waals surface area (Å²) in [5.74, 6) is -0.247. The molecule has 224 valence electrons. The van der Waals surface area contributed by atoms with Gasteiger partial charge < -0.3 is 15.0 Å². The number of rotatable bonds is 12. The fourth-order valence-corrected chi connectivity index (χ4v) is 6.37. The van der Waals surface area contributed by atoms with Gasteiger partial charge in [-0.1, -0.05) is 83.7 Å². The van der Waals surface area contributed by atoms with Gasteiger partial charge in [-0.05, 0) is 48.2 Å². The van der Waals surface area contributed by atoms with E-state index in [1.54, 1.807) is 24.3 Å². The van der Waals surface area contributed by atoms with Gasteiger partial charge >= 0.3 is 0 Å². The van der Waals surface area contributed by atoms with E-state index >= 15 is 0 Å². The monoisotopic (exact) mass is 655 g/mol. The summed E-state index contributed by atoms with van der Waals surface area (Å²) in [4.78, 5) is 29.7. The number of hydrogen-bond donors (Lipinski definition) is 1. The number of hydrogen-bond acceptors (Lipinski definition) is 5. The molecule has 0 saturated heterocycles. The van der Waals surface area contributed by atoms with Crippen molar-refractivity contribution in [2.24, 2.45) is 0 Å². The summed E-state index contributed by atoms with van der Waals surface area (Å²) in [5.41, 5.74) is 2.03. The predicted octanol–water partition coefficient (Wildman–Crippen LogP) is 5.31. The summed E-state index contributed by atoms with van der Waals surface area (Å²) in [6.07, 6.45) is 6.43. The number of methoxy groups -OCH3 is 1. The molecule has 42 heavy (non-hydrogen) atoms. The van der Waals surface area contributed by atoms with E-state index in [0.717, 1.165) is 58.3 Å². The Morgan fingerprint density at radius 2 is 1.64 bits per heavy atom. The lowest BCUT2D eigenvalue weighted by Gasteiger charge is -2.35. The first-order chi connectivity index (χ1) is 20.1. The number of nitrogens with one attached hydrogen (secondary N) is 1. The second-order valence-corrected chi connectivity index (χ2v) is 13.5. The van der Waals surface area contributed by atoms with Gasteiger partial charge in [0.25, 0.3) is 0 Å². The first-order valence-electron chi connectivity index (χ1n) is 14.1. The molecule has 1 aliphatic carbocycles. The summed E-state index contributed by atoms with van der Waals surface area (Å²) in [7, 11) is -2.36. The van der Waals surface area contributed by atoms with Crippen LogP contribution in [0.5, 0.6) is 5.75 Å². The van der Waals surface area contributed by atoms with E-state index in [9.17, 15) is 18.0 Å². The average Bonchev–Trinajstić information content (AvgIpc) is 2.99. The smallest absolute Gasteiger partial charge is 0.244 e. The Bertz CT molecular complexity index is 1440. The summed E-state index contributed by atoms with van der Waals surface area (Å²) in [6.45, 7) is -0.331. The van der Waals surface area contributed by atoms with Gasteiger partial charge in [0.05, 0.1) is 19.1 Å². The van der Waals surface area contributed by atoms with Gasteiger partial charge in [-0.25, -0.2) is 8.42 Å². The van der Waals surface area contributed by atoms with E-state index in [0.29, 0.717) is 17.9 Å². The predicted molar refractivity (Wildman–Crippen MR) is 169 cm³/mol. The average molecular weight is 657 g/mol.